The number of carboxylic acid groups (broad SMARTS) is 1. The second-order valence-corrected chi connectivity index (χ2v) is 6.34. The van der Waals surface area contributed by atoms with Crippen molar-refractivity contribution in [2.24, 2.45) is 23.5 Å². The van der Waals surface area contributed by atoms with Crippen LogP contribution in [0.2, 0.25) is 0 Å². The summed E-state index contributed by atoms with van der Waals surface area (Å²) in [6.45, 7) is 0.890. The van der Waals surface area contributed by atoms with Gasteiger partial charge in [-0.2, -0.15) is 0 Å². The number of rotatable bonds is 8. The highest BCUT2D eigenvalue weighted by atomic mass is 16.5. The minimum atomic E-state index is -1.04. The Hall–Kier alpha value is -1.74. The lowest BCUT2D eigenvalue weighted by Gasteiger charge is -2.14. The van der Waals surface area contributed by atoms with E-state index in [0.29, 0.717) is 43.7 Å². The van der Waals surface area contributed by atoms with E-state index in [1.807, 2.05) is 0 Å². The van der Waals surface area contributed by atoms with Gasteiger partial charge in [0.25, 0.3) is 0 Å². The number of ether oxygens (including phenoxy) is 1. The van der Waals surface area contributed by atoms with Crippen LogP contribution in [0.4, 0.5) is 4.79 Å². The van der Waals surface area contributed by atoms with Gasteiger partial charge in [-0.15, -0.1) is 11.8 Å². The van der Waals surface area contributed by atoms with Crippen molar-refractivity contribution < 1.29 is 19.4 Å². The van der Waals surface area contributed by atoms with Crippen LogP contribution in [0.1, 0.15) is 44.9 Å². The molecule has 4 N–H and O–H groups in total. The molecule has 6 nitrogen and oxygen atoms in total. The number of nitrogens with two attached hydrogens (primary N) is 1. The Bertz CT molecular complexity index is 465. The van der Waals surface area contributed by atoms with Gasteiger partial charge in [-0.1, -0.05) is 0 Å². The normalized spacial score (nSPS) is 26.6. The van der Waals surface area contributed by atoms with Gasteiger partial charge < -0.3 is 20.9 Å². The molecule has 0 aromatic rings. The van der Waals surface area contributed by atoms with E-state index in [4.69, 9.17) is 15.6 Å². The number of hydrogen-bond acceptors (Lipinski definition) is 4. The molecule has 128 valence electrons. The van der Waals surface area contributed by atoms with Crippen molar-refractivity contribution in [2.45, 2.75) is 51.0 Å². The standard InChI is InChI=1S/C17H26N2O4/c18-10-6-5-9-15(16(20)21)19-17(22)23-11-14-12-7-3-1-2-4-8-13(12)14/h12-15H,3-11,18H2,(H,19,22)(H,20,21)/t12?,13?,14?,15-/m0/s1. The molecule has 1 saturated carbocycles. The van der Waals surface area contributed by atoms with E-state index in [1.165, 1.54) is 0 Å². The first-order valence-electron chi connectivity index (χ1n) is 8.45. The van der Waals surface area contributed by atoms with Crippen molar-refractivity contribution in [2.75, 3.05) is 13.2 Å². The zero-order valence-corrected chi connectivity index (χ0v) is 13.4. The smallest absolute Gasteiger partial charge is 0.407 e. The first-order valence-corrected chi connectivity index (χ1v) is 8.45. The second-order valence-electron chi connectivity index (χ2n) is 6.34. The molecule has 6 heteroatoms. The van der Waals surface area contributed by atoms with Crippen molar-refractivity contribution in [3.8, 4) is 11.8 Å². The number of carboxylic acids is 1. The number of hydrogen-bond donors (Lipinski definition) is 3. The van der Waals surface area contributed by atoms with Gasteiger partial charge in [0.1, 0.15) is 6.04 Å². The van der Waals surface area contributed by atoms with E-state index >= 15 is 0 Å². The van der Waals surface area contributed by atoms with Gasteiger partial charge in [-0.3, -0.25) is 0 Å². The fourth-order valence-electron chi connectivity index (χ4n) is 3.39. The van der Waals surface area contributed by atoms with Gasteiger partial charge in [0.05, 0.1) is 6.61 Å². The molecule has 23 heavy (non-hydrogen) atoms. The first-order chi connectivity index (χ1) is 11.1. The van der Waals surface area contributed by atoms with Crippen LogP contribution in [0, 0.1) is 29.6 Å². The quantitative estimate of drug-likeness (QED) is 0.467. The monoisotopic (exact) mass is 322 g/mol. The van der Waals surface area contributed by atoms with Gasteiger partial charge in [0, 0.05) is 12.8 Å². The van der Waals surface area contributed by atoms with Gasteiger partial charge in [0.2, 0.25) is 0 Å². The van der Waals surface area contributed by atoms with E-state index in [9.17, 15) is 9.59 Å². The van der Waals surface area contributed by atoms with Crippen LogP contribution in [-0.2, 0) is 9.53 Å². The van der Waals surface area contributed by atoms with Crippen molar-refractivity contribution in [1.82, 2.24) is 5.32 Å². The third kappa shape index (κ3) is 5.43. The molecule has 2 aliphatic carbocycles. The molecule has 0 aromatic carbocycles. The van der Waals surface area contributed by atoms with Gasteiger partial charge in [0.15, 0.2) is 0 Å². The third-order valence-electron chi connectivity index (χ3n) is 4.78. The number of aliphatic carboxylic acids is 1. The summed E-state index contributed by atoms with van der Waals surface area (Å²) in [5, 5.41) is 11.6. The summed E-state index contributed by atoms with van der Waals surface area (Å²) >= 11 is 0. The maximum Gasteiger partial charge on any atom is 0.407 e. The highest BCUT2D eigenvalue weighted by molar-refractivity contribution is 5.79. The van der Waals surface area contributed by atoms with E-state index in [0.717, 1.165) is 32.1 Å². The fourth-order valence-corrected chi connectivity index (χ4v) is 3.39. The average Bonchev–Trinajstić information content (AvgIpc) is 3.13. The van der Waals surface area contributed by atoms with Crippen LogP contribution in [-0.4, -0.2) is 36.4 Å². The number of unbranched alkanes of at least 4 members (excludes halogenated alkanes) is 1. The third-order valence-corrected chi connectivity index (χ3v) is 4.78. The van der Waals surface area contributed by atoms with Crippen LogP contribution in [0.25, 0.3) is 0 Å². The summed E-state index contributed by atoms with van der Waals surface area (Å²) in [4.78, 5) is 23.0. The summed E-state index contributed by atoms with van der Waals surface area (Å²) in [6.07, 6.45) is 5.13. The van der Waals surface area contributed by atoms with Gasteiger partial charge in [-0.05, 0) is 56.4 Å². The van der Waals surface area contributed by atoms with Crippen molar-refractivity contribution in [1.29, 1.82) is 0 Å². The predicted octanol–water partition coefficient (Wildman–Crippen LogP) is 1.73. The largest absolute Gasteiger partial charge is 0.480 e. The zero-order chi connectivity index (χ0) is 16.7. The molecular weight excluding hydrogens is 296 g/mol. The molecule has 1 amide bonds. The minimum Gasteiger partial charge on any atom is -0.480 e. The zero-order valence-electron chi connectivity index (χ0n) is 13.4. The van der Waals surface area contributed by atoms with Crippen LogP contribution in [0.3, 0.4) is 0 Å². The van der Waals surface area contributed by atoms with E-state index in [1.54, 1.807) is 0 Å². The second kappa shape index (κ2) is 8.78. The Morgan fingerprint density at radius 3 is 2.43 bits per heavy atom. The molecule has 3 atom stereocenters. The summed E-state index contributed by atoms with van der Waals surface area (Å²) in [5.41, 5.74) is 5.39. The molecule has 0 heterocycles. The highest BCUT2D eigenvalue weighted by Gasteiger charge is 2.49. The van der Waals surface area contributed by atoms with E-state index < -0.39 is 18.1 Å². The van der Waals surface area contributed by atoms with E-state index in [-0.39, 0.29) is 0 Å². The summed E-state index contributed by atoms with van der Waals surface area (Å²) in [7, 11) is 0. The topological polar surface area (TPSA) is 102 Å². The molecular formula is C17H26N2O4. The molecule has 0 spiro atoms. The Kier molecular flexibility index (Phi) is 6.72. The molecule has 0 bridgehead atoms. The summed E-state index contributed by atoms with van der Waals surface area (Å²) in [6, 6.07) is -0.907. The summed E-state index contributed by atoms with van der Waals surface area (Å²) in [5.74, 6) is 6.88. The fraction of sp³-hybridized carbons (Fsp3) is 0.765. The highest BCUT2D eigenvalue weighted by Crippen LogP contribution is 2.52. The Balaban J connectivity index is 1.69. The van der Waals surface area contributed by atoms with Crippen molar-refractivity contribution >= 4 is 12.1 Å². The van der Waals surface area contributed by atoms with Crippen LogP contribution >= 0.6 is 0 Å². The lowest BCUT2D eigenvalue weighted by molar-refractivity contribution is -0.139. The summed E-state index contributed by atoms with van der Waals surface area (Å²) < 4.78 is 5.25. The van der Waals surface area contributed by atoms with Gasteiger partial charge in [-0.25, -0.2) is 9.59 Å². The van der Waals surface area contributed by atoms with Crippen LogP contribution in [0.15, 0.2) is 0 Å². The molecule has 0 saturated heterocycles. The maximum absolute atomic E-state index is 11.8. The van der Waals surface area contributed by atoms with E-state index in [2.05, 4.69) is 17.2 Å². The van der Waals surface area contributed by atoms with Crippen LogP contribution in [0.5, 0.6) is 0 Å². The minimum absolute atomic E-state index is 0.369. The maximum atomic E-state index is 11.8. The molecule has 2 rings (SSSR count). The Morgan fingerprint density at radius 1 is 1.22 bits per heavy atom. The lowest BCUT2D eigenvalue weighted by Crippen LogP contribution is -2.41. The van der Waals surface area contributed by atoms with Crippen molar-refractivity contribution in [3.63, 3.8) is 0 Å². The SMILES string of the molecule is NCCCC[C@H](NC(=O)OCC1C2CCC#CCCC21)C(=O)O. The predicted molar refractivity (Wildman–Crippen MR) is 85.5 cm³/mol. The Morgan fingerprint density at radius 2 is 1.87 bits per heavy atom. The average molecular weight is 322 g/mol. The number of amides is 1. The molecule has 2 unspecified atom stereocenters. The number of carbonyl (C=O) groups excluding carboxylic acids is 1. The molecule has 0 radical (unpaired) electrons. The number of carbonyl (C=O) groups is 2. The lowest BCUT2D eigenvalue weighted by atomic mass is 10.1. The molecule has 1 fully saturated rings. The van der Waals surface area contributed by atoms with Crippen molar-refractivity contribution in [3.05, 3.63) is 0 Å². The number of nitrogens with one attached hydrogen (secondary N) is 1. The van der Waals surface area contributed by atoms with Crippen LogP contribution < -0.4 is 11.1 Å². The Labute approximate surface area is 137 Å². The molecule has 0 aromatic heterocycles. The first kappa shape index (κ1) is 17.6. The van der Waals surface area contributed by atoms with Gasteiger partial charge >= 0.3 is 12.1 Å². The number of fused-ring (bicyclic) bond motifs is 1. The molecule has 2 aliphatic rings. The molecule has 0 aliphatic heterocycles. The number of alkyl carbamates (subject to hydrolysis) is 1.